The molecule has 1 heterocycles. The summed E-state index contributed by atoms with van der Waals surface area (Å²) in [4.78, 5) is 15.8. The lowest BCUT2D eigenvalue weighted by Gasteiger charge is -2.08. The highest BCUT2D eigenvalue weighted by Crippen LogP contribution is 2.46. The van der Waals surface area contributed by atoms with Gasteiger partial charge in [-0.25, -0.2) is 4.98 Å². The van der Waals surface area contributed by atoms with Crippen molar-refractivity contribution in [3.8, 4) is 0 Å². The Hall–Kier alpha value is -1.12. The van der Waals surface area contributed by atoms with Crippen LogP contribution in [0.15, 0.2) is 12.4 Å². The van der Waals surface area contributed by atoms with Crippen molar-refractivity contribution in [3.63, 3.8) is 0 Å². The monoisotopic (exact) mass is 178 g/mol. The van der Waals surface area contributed by atoms with E-state index in [0.29, 0.717) is 12.3 Å². The number of carbonyl (C=O) groups is 1. The molecule has 0 unspecified atom stereocenters. The second-order valence-corrected chi connectivity index (χ2v) is 4.09. The molecule has 0 bridgehead atoms. The molecule has 1 aromatic rings. The summed E-state index contributed by atoms with van der Waals surface area (Å²) in [6.07, 6.45) is 5.70. The van der Waals surface area contributed by atoms with Crippen molar-refractivity contribution in [2.45, 2.75) is 33.2 Å². The third-order valence-corrected chi connectivity index (χ3v) is 2.91. The molecule has 13 heavy (non-hydrogen) atoms. The van der Waals surface area contributed by atoms with E-state index in [1.807, 2.05) is 24.6 Å². The standard InChI is InChI=1S/C10H14N2O/c1-8-11-5-6-12(8)7-9(13)10(2)3-4-10/h5-6H,3-4,7H2,1-2H3. The van der Waals surface area contributed by atoms with E-state index in [9.17, 15) is 4.79 Å². The van der Waals surface area contributed by atoms with Gasteiger partial charge in [0.1, 0.15) is 5.82 Å². The summed E-state index contributed by atoms with van der Waals surface area (Å²) in [6, 6.07) is 0. The van der Waals surface area contributed by atoms with Gasteiger partial charge in [0.05, 0.1) is 6.54 Å². The van der Waals surface area contributed by atoms with Crippen LogP contribution in [0.1, 0.15) is 25.6 Å². The summed E-state index contributed by atoms with van der Waals surface area (Å²) in [6.45, 7) is 4.45. The number of nitrogens with zero attached hydrogens (tertiary/aromatic N) is 2. The number of aryl methyl sites for hydroxylation is 1. The van der Waals surface area contributed by atoms with Crippen LogP contribution in [0.2, 0.25) is 0 Å². The fourth-order valence-corrected chi connectivity index (χ4v) is 1.38. The van der Waals surface area contributed by atoms with Gasteiger partial charge in [-0.3, -0.25) is 4.79 Å². The lowest BCUT2D eigenvalue weighted by molar-refractivity contribution is -0.124. The highest BCUT2D eigenvalue weighted by atomic mass is 16.1. The molecule has 1 aliphatic rings. The van der Waals surface area contributed by atoms with Crippen LogP contribution in [0.25, 0.3) is 0 Å². The van der Waals surface area contributed by atoms with Gasteiger partial charge in [0.2, 0.25) is 0 Å². The second-order valence-electron chi connectivity index (χ2n) is 4.09. The number of ketones is 1. The van der Waals surface area contributed by atoms with Crippen LogP contribution in [-0.4, -0.2) is 15.3 Å². The van der Waals surface area contributed by atoms with Crippen molar-refractivity contribution >= 4 is 5.78 Å². The molecular formula is C10H14N2O. The van der Waals surface area contributed by atoms with Gasteiger partial charge in [0.25, 0.3) is 0 Å². The summed E-state index contributed by atoms with van der Waals surface area (Å²) >= 11 is 0. The predicted molar refractivity (Wildman–Crippen MR) is 49.3 cm³/mol. The molecule has 0 N–H and O–H groups in total. The smallest absolute Gasteiger partial charge is 0.158 e. The number of hydrogen-bond acceptors (Lipinski definition) is 2. The number of carbonyl (C=O) groups excluding carboxylic acids is 1. The van der Waals surface area contributed by atoms with Crippen LogP contribution >= 0.6 is 0 Å². The fourth-order valence-electron chi connectivity index (χ4n) is 1.38. The molecule has 70 valence electrons. The molecule has 0 amide bonds. The van der Waals surface area contributed by atoms with Crippen LogP contribution in [0.4, 0.5) is 0 Å². The van der Waals surface area contributed by atoms with Crippen molar-refractivity contribution in [1.82, 2.24) is 9.55 Å². The molecule has 0 spiro atoms. The average molecular weight is 178 g/mol. The third kappa shape index (κ3) is 1.50. The van der Waals surface area contributed by atoms with Crippen molar-refractivity contribution < 1.29 is 4.79 Å². The van der Waals surface area contributed by atoms with E-state index >= 15 is 0 Å². The highest BCUT2D eigenvalue weighted by Gasteiger charge is 2.44. The zero-order valence-corrected chi connectivity index (χ0v) is 8.08. The third-order valence-electron chi connectivity index (χ3n) is 2.91. The number of Topliss-reactive ketones (excluding diaryl/α,β-unsaturated/α-hetero) is 1. The topological polar surface area (TPSA) is 34.9 Å². The number of imidazole rings is 1. The molecule has 0 radical (unpaired) electrons. The molecular weight excluding hydrogens is 164 g/mol. The van der Waals surface area contributed by atoms with Crippen molar-refractivity contribution in [2.24, 2.45) is 5.41 Å². The first-order chi connectivity index (χ1) is 6.12. The van der Waals surface area contributed by atoms with Crippen molar-refractivity contribution in [1.29, 1.82) is 0 Å². The minimum Gasteiger partial charge on any atom is -0.328 e. The summed E-state index contributed by atoms with van der Waals surface area (Å²) in [5, 5.41) is 0. The van der Waals surface area contributed by atoms with E-state index < -0.39 is 0 Å². The lowest BCUT2D eigenvalue weighted by Crippen LogP contribution is -2.19. The lowest BCUT2D eigenvalue weighted by atomic mass is 10.0. The van der Waals surface area contributed by atoms with E-state index in [2.05, 4.69) is 4.98 Å². The van der Waals surface area contributed by atoms with Crippen LogP contribution in [0, 0.1) is 12.3 Å². The molecule has 0 saturated heterocycles. The fraction of sp³-hybridized carbons (Fsp3) is 0.600. The van der Waals surface area contributed by atoms with Gasteiger partial charge in [0.15, 0.2) is 5.78 Å². The molecule has 1 saturated carbocycles. The Balaban J connectivity index is 2.06. The Morgan fingerprint density at radius 2 is 2.38 bits per heavy atom. The zero-order valence-electron chi connectivity index (χ0n) is 8.08. The van der Waals surface area contributed by atoms with Crippen LogP contribution in [0.5, 0.6) is 0 Å². The van der Waals surface area contributed by atoms with Crippen molar-refractivity contribution in [3.05, 3.63) is 18.2 Å². The van der Waals surface area contributed by atoms with Gasteiger partial charge in [-0.05, 0) is 19.8 Å². The first kappa shape index (κ1) is 8.48. The molecule has 3 heteroatoms. The highest BCUT2D eigenvalue weighted by molar-refractivity contribution is 5.86. The van der Waals surface area contributed by atoms with Crippen molar-refractivity contribution in [2.75, 3.05) is 0 Å². The van der Waals surface area contributed by atoms with E-state index in [1.54, 1.807) is 6.20 Å². The maximum absolute atomic E-state index is 11.7. The molecule has 0 atom stereocenters. The molecule has 0 aromatic carbocycles. The minimum atomic E-state index is -0.0172. The molecule has 2 rings (SSSR count). The van der Waals surface area contributed by atoms with E-state index in [1.165, 1.54) is 0 Å². The first-order valence-corrected chi connectivity index (χ1v) is 4.63. The van der Waals surface area contributed by atoms with Crippen LogP contribution < -0.4 is 0 Å². The Morgan fingerprint density at radius 1 is 1.69 bits per heavy atom. The molecule has 1 fully saturated rings. The second kappa shape index (κ2) is 2.69. The molecule has 1 aromatic heterocycles. The number of aromatic nitrogens is 2. The molecule has 1 aliphatic carbocycles. The molecule has 0 aliphatic heterocycles. The van der Waals surface area contributed by atoms with Crippen LogP contribution in [-0.2, 0) is 11.3 Å². The average Bonchev–Trinajstić information content (AvgIpc) is 2.72. The summed E-state index contributed by atoms with van der Waals surface area (Å²) in [7, 11) is 0. The summed E-state index contributed by atoms with van der Waals surface area (Å²) < 4.78 is 1.91. The SMILES string of the molecule is Cc1nccn1CC(=O)C1(C)CC1. The van der Waals surface area contributed by atoms with Gasteiger partial charge in [0, 0.05) is 17.8 Å². The summed E-state index contributed by atoms with van der Waals surface area (Å²) in [5.41, 5.74) is -0.0172. The van der Waals surface area contributed by atoms with Gasteiger partial charge in [-0.15, -0.1) is 0 Å². The van der Waals surface area contributed by atoms with E-state index in [4.69, 9.17) is 0 Å². The van der Waals surface area contributed by atoms with Crippen LogP contribution in [0.3, 0.4) is 0 Å². The van der Waals surface area contributed by atoms with E-state index in [0.717, 1.165) is 18.7 Å². The Labute approximate surface area is 77.8 Å². The summed E-state index contributed by atoms with van der Waals surface area (Å²) in [5.74, 6) is 1.26. The number of hydrogen-bond donors (Lipinski definition) is 0. The number of rotatable bonds is 3. The quantitative estimate of drug-likeness (QED) is 0.704. The maximum Gasteiger partial charge on any atom is 0.158 e. The predicted octanol–water partition coefficient (Wildman–Crippen LogP) is 1.56. The maximum atomic E-state index is 11.7. The van der Waals surface area contributed by atoms with Gasteiger partial charge < -0.3 is 4.57 Å². The Morgan fingerprint density at radius 3 is 2.85 bits per heavy atom. The van der Waals surface area contributed by atoms with Gasteiger partial charge >= 0.3 is 0 Å². The van der Waals surface area contributed by atoms with E-state index in [-0.39, 0.29) is 5.41 Å². The molecule has 3 nitrogen and oxygen atoms in total. The minimum absolute atomic E-state index is 0.0172. The zero-order chi connectivity index (χ0) is 9.47. The normalized spacial score (nSPS) is 18.6. The van der Waals surface area contributed by atoms with Gasteiger partial charge in [-0.2, -0.15) is 0 Å². The Kier molecular flexibility index (Phi) is 1.75. The largest absolute Gasteiger partial charge is 0.328 e. The first-order valence-electron chi connectivity index (χ1n) is 4.63. The van der Waals surface area contributed by atoms with Gasteiger partial charge in [-0.1, -0.05) is 6.92 Å². The Bertz CT molecular complexity index is 336.